The maximum absolute atomic E-state index is 2.36. The molecule has 0 amide bonds. The highest BCUT2D eigenvalue weighted by Crippen LogP contribution is 2.45. The van der Waals surface area contributed by atoms with E-state index in [0.29, 0.717) is 0 Å². The maximum Gasteiger partial charge on any atom is -0.000718 e. The van der Waals surface area contributed by atoms with E-state index in [1.54, 1.807) is 0 Å². The van der Waals surface area contributed by atoms with Gasteiger partial charge < -0.3 is 0 Å². The quantitative estimate of drug-likeness (QED) is 0.188. The summed E-state index contributed by atoms with van der Waals surface area (Å²) >= 11 is 0. The van der Waals surface area contributed by atoms with Gasteiger partial charge in [0.2, 0.25) is 0 Å². The maximum atomic E-state index is 2.36. The largest absolute Gasteiger partial charge is 0.0622 e. The average Bonchev–Trinajstić information content (AvgIpc) is 3.42. The first-order chi connectivity index (χ1) is 19.8. The summed E-state index contributed by atoms with van der Waals surface area (Å²) in [7, 11) is -0.615. The Morgan fingerprint density at radius 2 is 1.02 bits per heavy atom. The molecule has 0 nitrogen and oxygen atoms in total. The van der Waals surface area contributed by atoms with E-state index in [4.69, 9.17) is 0 Å². The lowest BCUT2D eigenvalue weighted by molar-refractivity contribution is 1.14. The fraction of sp³-hybridized carbons (Fsp3) is 0.0769. The van der Waals surface area contributed by atoms with Crippen LogP contribution < -0.4 is 15.9 Å². The molecule has 0 spiro atoms. The van der Waals surface area contributed by atoms with Gasteiger partial charge in [-0.15, -0.1) is 0 Å². The Hall–Kier alpha value is -4.25. The molecule has 6 aromatic carbocycles. The molecule has 0 aromatic heterocycles. The third-order valence-electron chi connectivity index (χ3n) is 8.12. The molecule has 0 saturated carbocycles. The Labute approximate surface area is 238 Å². The summed E-state index contributed by atoms with van der Waals surface area (Å²) < 4.78 is 0. The van der Waals surface area contributed by atoms with E-state index in [0.717, 1.165) is 12.8 Å². The second-order valence-corrected chi connectivity index (χ2v) is 12.6. The van der Waals surface area contributed by atoms with Gasteiger partial charge in [0, 0.05) is 0 Å². The Morgan fingerprint density at radius 1 is 0.475 bits per heavy atom. The van der Waals surface area contributed by atoms with Gasteiger partial charge in [-0.05, 0) is 86.7 Å². The van der Waals surface area contributed by atoms with Crippen molar-refractivity contribution in [1.82, 2.24) is 0 Å². The predicted octanol–water partition coefficient (Wildman–Crippen LogP) is 8.91. The molecule has 1 aliphatic carbocycles. The third-order valence-corrected chi connectivity index (χ3v) is 10.6. The van der Waals surface area contributed by atoms with Gasteiger partial charge in [0.25, 0.3) is 0 Å². The number of fused-ring (bicyclic) bond motifs is 3. The average molecular weight is 531 g/mol. The number of hydrogen-bond acceptors (Lipinski definition) is 0. The van der Waals surface area contributed by atoms with E-state index in [1.165, 1.54) is 66.0 Å². The van der Waals surface area contributed by atoms with Gasteiger partial charge in [-0.25, -0.2) is 0 Å². The second-order valence-electron chi connectivity index (χ2n) is 10.4. The van der Waals surface area contributed by atoms with E-state index < -0.39 is 7.92 Å². The monoisotopic (exact) mass is 530 g/mol. The van der Waals surface area contributed by atoms with Crippen molar-refractivity contribution in [3.8, 4) is 33.4 Å². The summed E-state index contributed by atoms with van der Waals surface area (Å²) in [6, 6.07) is 53.8. The van der Waals surface area contributed by atoms with Crippen LogP contribution in [0.3, 0.4) is 0 Å². The van der Waals surface area contributed by atoms with Crippen molar-refractivity contribution in [2.45, 2.75) is 19.8 Å². The molecule has 0 fully saturated rings. The van der Waals surface area contributed by atoms with Crippen LogP contribution in [0, 0.1) is 0 Å². The first kappa shape index (κ1) is 24.8. The van der Waals surface area contributed by atoms with Crippen LogP contribution in [0.1, 0.15) is 23.6 Å². The number of aryl methyl sites for hydroxylation is 1. The number of rotatable bonds is 6. The van der Waals surface area contributed by atoms with Crippen molar-refractivity contribution in [2.75, 3.05) is 0 Å². The second kappa shape index (κ2) is 10.7. The molecule has 0 atom stereocenters. The molecule has 192 valence electrons. The van der Waals surface area contributed by atoms with Gasteiger partial charge in [0.15, 0.2) is 0 Å². The molecule has 0 saturated heterocycles. The Kier molecular flexibility index (Phi) is 6.64. The zero-order chi connectivity index (χ0) is 26.9. The van der Waals surface area contributed by atoms with E-state index in [-0.39, 0.29) is 0 Å². The van der Waals surface area contributed by atoms with Crippen LogP contribution in [-0.2, 0) is 12.8 Å². The fourth-order valence-electron chi connectivity index (χ4n) is 6.23. The molecular formula is C39H31P. The lowest BCUT2D eigenvalue weighted by Gasteiger charge is -2.20. The highest BCUT2D eigenvalue weighted by molar-refractivity contribution is 7.79. The Bertz CT molecular complexity index is 1740. The standard InChI is InChI=1S/C39H31P/c1-2-28-23-26-37(38-27-30-13-9-10-19-35(30)39(28)38)36-20-12-11-18-34(36)29-21-24-33(25-22-29)40(31-14-5-3-6-15-31)32-16-7-4-8-17-32/h3-26H,2,27H2,1H3. The van der Waals surface area contributed by atoms with Crippen LogP contribution in [0.4, 0.5) is 0 Å². The molecule has 1 heteroatoms. The summed E-state index contributed by atoms with van der Waals surface area (Å²) in [6.45, 7) is 2.27. The lowest BCUT2D eigenvalue weighted by atomic mass is 9.87. The molecule has 0 unspecified atom stereocenters. The molecule has 0 N–H and O–H groups in total. The van der Waals surface area contributed by atoms with Gasteiger partial charge in [-0.3, -0.25) is 0 Å². The predicted molar refractivity (Wildman–Crippen MR) is 174 cm³/mol. The summed E-state index contributed by atoms with van der Waals surface area (Å²) in [5.41, 5.74) is 12.5. The molecule has 7 rings (SSSR count). The Balaban J connectivity index is 1.31. The minimum atomic E-state index is -0.615. The minimum Gasteiger partial charge on any atom is -0.0622 e. The van der Waals surface area contributed by atoms with Crippen LogP contribution in [-0.4, -0.2) is 0 Å². The lowest BCUT2D eigenvalue weighted by Crippen LogP contribution is -2.20. The summed E-state index contributed by atoms with van der Waals surface area (Å²) in [5.74, 6) is 0. The minimum absolute atomic E-state index is 0.615. The fourth-order valence-corrected chi connectivity index (χ4v) is 8.51. The molecule has 0 aliphatic heterocycles. The van der Waals surface area contributed by atoms with E-state index in [9.17, 15) is 0 Å². The zero-order valence-electron chi connectivity index (χ0n) is 22.7. The first-order valence-electron chi connectivity index (χ1n) is 14.1. The Morgan fingerprint density at radius 3 is 1.68 bits per heavy atom. The van der Waals surface area contributed by atoms with E-state index >= 15 is 0 Å². The SMILES string of the molecule is CCc1ccc(-c2ccccc2-c2ccc(P(c3ccccc3)c3ccccc3)cc2)c2c1-c1ccccc1C2. The highest BCUT2D eigenvalue weighted by Gasteiger charge is 2.25. The molecular weight excluding hydrogens is 499 g/mol. The van der Waals surface area contributed by atoms with Gasteiger partial charge in [0.05, 0.1) is 0 Å². The summed E-state index contributed by atoms with van der Waals surface area (Å²) in [6.07, 6.45) is 2.05. The first-order valence-corrected chi connectivity index (χ1v) is 15.5. The van der Waals surface area contributed by atoms with Crippen molar-refractivity contribution in [3.05, 3.63) is 162 Å². The van der Waals surface area contributed by atoms with Crippen molar-refractivity contribution in [2.24, 2.45) is 0 Å². The summed E-state index contributed by atoms with van der Waals surface area (Å²) in [4.78, 5) is 0. The topological polar surface area (TPSA) is 0 Å². The molecule has 0 bridgehead atoms. The van der Waals surface area contributed by atoms with Crippen molar-refractivity contribution in [1.29, 1.82) is 0 Å². The molecule has 0 radical (unpaired) electrons. The van der Waals surface area contributed by atoms with Gasteiger partial charge in [-0.1, -0.05) is 153 Å². The molecule has 40 heavy (non-hydrogen) atoms. The molecule has 0 heterocycles. The van der Waals surface area contributed by atoms with Crippen molar-refractivity contribution < 1.29 is 0 Å². The zero-order valence-corrected chi connectivity index (χ0v) is 23.6. The van der Waals surface area contributed by atoms with Crippen molar-refractivity contribution >= 4 is 23.8 Å². The molecule has 6 aromatic rings. The summed E-state index contributed by atoms with van der Waals surface area (Å²) in [5, 5.41) is 4.13. The van der Waals surface area contributed by atoms with Gasteiger partial charge in [0.1, 0.15) is 0 Å². The van der Waals surface area contributed by atoms with Gasteiger partial charge >= 0.3 is 0 Å². The van der Waals surface area contributed by atoms with Crippen molar-refractivity contribution in [3.63, 3.8) is 0 Å². The number of benzene rings is 6. The molecule has 1 aliphatic rings. The van der Waals surface area contributed by atoms with Crippen LogP contribution in [0.2, 0.25) is 0 Å². The normalized spacial score (nSPS) is 11.8. The van der Waals surface area contributed by atoms with Crippen LogP contribution >= 0.6 is 7.92 Å². The van der Waals surface area contributed by atoms with Crippen LogP contribution in [0.5, 0.6) is 0 Å². The smallest absolute Gasteiger partial charge is 0.000718 e. The highest BCUT2D eigenvalue weighted by atomic mass is 31.1. The van der Waals surface area contributed by atoms with Crippen LogP contribution in [0.15, 0.2) is 146 Å². The third kappa shape index (κ3) is 4.40. The van der Waals surface area contributed by atoms with Gasteiger partial charge in [-0.2, -0.15) is 0 Å². The van der Waals surface area contributed by atoms with E-state index in [1.807, 2.05) is 0 Å². The number of hydrogen-bond donors (Lipinski definition) is 0. The van der Waals surface area contributed by atoms with Crippen LogP contribution in [0.25, 0.3) is 33.4 Å². The van der Waals surface area contributed by atoms with E-state index in [2.05, 4.69) is 153 Å².